The summed E-state index contributed by atoms with van der Waals surface area (Å²) in [7, 11) is 1.40. The Balaban J connectivity index is 2.26. The molecule has 0 radical (unpaired) electrons. The number of piperidine rings is 1. The predicted molar refractivity (Wildman–Crippen MR) is 67.0 cm³/mol. The SMILES string of the molecule is CCOC(=O)[C@H]1CCCN(CCCC(=O)OC)C1. The first-order valence-electron chi connectivity index (χ1n) is 6.63. The largest absolute Gasteiger partial charge is 0.469 e. The van der Waals surface area contributed by atoms with Crippen LogP contribution in [0.15, 0.2) is 0 Å². The molecule has 1 rings (SSSR count). The van der Waals surface area contributed by atoms with E-state index in [1.54, 1.807) is 0 Å². The third kappa shape index (κ3) is 5.04. The number of methoxy groups -OCH3 is 1. The van der Waals surface area contributed by atoms with Crippen LogP contribution in [0.1, 0.15) is 32.6 Å². The van der Waals surface area contributed by atoms with E-state index < -0.39 is 0 Å². The number of carbonyl (C=O) groups excluding carboxylic acids is 2. The molecule has 1 fully saturated rings. The van der Waals surface area contributed by atoms with Crippen molar-refractivity contribution in [3.63, 3.8) is 0 Å². The Kier molecular flexibility index (Phi) is 6.72. The summed E-state index contributed by atoms with van der Waals surface area (Å²) in [4.78, 5) is 24.9. The molecule has 104 valence electrons. The van der Waals surface area contributed by atoms with E-state index in [1.807, 2.05) is 6.92 Å². The summed E-state index contributed by atoms with van der Waals surface area (Å²) < 4.78 is 9.65. The van der Waals surface area contributed by atoms with Crippen molar-refractivity contribution in [2.24, 2.45) is 5.92 Å². The minimum absolute atomic E-state index is 0.00294. The fraction of sp³-hybridized carbons (Fsp3) is 0.846. The Bertz CT molecular complexity index is 280. The van der Waals surface area contributed by atoms with Crippen LogP contribution in [0.4, 0.5) is 0 Å². The molecule has 1 aliphatic heterocycles. The lowest BCUT2D eigenvalue weighted by atomic mass is 9.98. The molecule has 5 heteroatoms. The Hall–Kier alpha value is -1.10. The van der Waals surface area contributed by atoms with E-state index in [2.05, 4.69) is 9.64 Å². The molecular formula is C13H23NO4. The summed E-state index contributed by atoms with van der Waals surface area (Å²) in [6.45, 7) is 4.86. The monoisotopic (exact) mass is 257 g/mol. The molecule has 1 aliphatic rings. The predicted octanol–water partition coefficient (Wildman–Crippen LogP) is 1.21. The van der Waals surface area contributed by atoms with Crippen molar-refractivity contribution in [3.05, 3.63) is 0 Å². The van der Waals surface area contributed by atoms with Crippen molar-refractivity contribution in [3.8, 4) is 0 Å². The first kappa shape index (κ1) is 15.0. The van der Waals surface area contributed by atoms with E-state index in [9.17, 15) is 9.59 Å². The first-order valence-corrected chi connectivity index (χ1v) is 6.63. The third-order valence-electron chi connectivity index (χ3n) is 3.21. The summed E-state index contributed by atoms with van der Waals surface area (Å²) in [5.41, 5.74) is 0. The van der Waals surface area contributed by atoms with Gasteiger partial charge in [0.05, 0.1) is 19.6 Å². The Labute approximate surface area is 108 Å². The molecule has 1 heterocycles. The lowest BCUT2D eigenvalue weighted by Crippen LogP contribution is -2.39. The molecule has 0 aromatic carbocycles. The van der Waals surface area contributed by atoms with Crippen LogP contribution >= 0.6 is 0 Å². The summed E-state index contributed by atoms with van der Waals surface area (Å²) in [6.07, 6.45) is 3.15. The zero-order valence-electron chi connectivity index (χ0n) is 11.3. The van der Waals surface area contributed by atoms with Gasteiger partial charge in [-0.3, -0.25) is 9.59 Å². The van der Waals surface area contributed by atoms with Gasteiger partial charge in [0.15, 0.2) is 0 Å². The number of likely N-dealkylation sites (tertiary alicyclic amines) is 1. The molecule has 0 aromatic heterocycles. The van der Waals surface area contributed by atoms with Crippen LogP contribution in [0.25, 0.3) is 0 Å². The van der Waals surface area contributed by atoms with Crippen LogP contribution in [0.5, 0.6) is 0 Å². The standard InChI is InChI=1S/C13H23NO4/c1-3-18-13(16)11-6-4-8-14(10-11)9-5-7-12(15)17-2/h11H,3-10H2,1-2H3/t11-/m0/s1. The minimum atomic E-state index is -0.172. The van der Waals surface area contributed by atoms with Crippen LogP contribution in [-0.2, 0) is 19.1 Å². The van der Waals surface area contributed by atoms with E-state index in [0.717, 1.165) is 38.9 Å². The molecule has 5 nitrogen and oxygen atoms in total. The second kappa shape index (κ2) is 8.08. The van der Waals surface area contributed by atoms with Crippen LogP contribution < -0.4 is 0 Å². The molecule has 0 aliphatic carbocycles. The maximum Gasteiger partial charge on any atom is 0.310 e. The molecule has 18 heavy (non-hydrogen) atoms. The van der Waals surface area contributed by atoms with E-state index in [-0.39, 0.29) is 17.9 Å². The lowest BCUT2D eigenvalue weighted by molar-refractivity contribution is -0.150. The highest BCUT2D eigenvalue weighted by Crippen LogP contribution is 2.18. The highest BCUT2D eigenvalue weighted by molar-refractivity contribution is 5.72. The fourth-order valence-corrected chi connectivity index (χ4v) is 2.26. The van der Waals surface area contributed by atoms with Crippen molar-refractivity contribution in [1.82, 2.24) is 4.90 Å². The Morgan fingerprint density at radius 2 is 2.17 bits per heavy atom. The normalized spacial score (nSPS) is 20.4. The van der Waals surface area contributed by atoms with Gasteiger partial charge in [0.2, 0.25) is 0 Å². The number of hydrogen-bond acceptors (Lipinski definition) is 5. The molecule has 0 unspecified atom stereocenters. The van der Waals surface area contributed by atoms with E-state index in [4.69, 9.17) is 4.74 Å². The number of nitrogens with zero attached hydrogens (tertiary/aromatic N) is 1. The van der Waals surface area contributed by atoms with Crippen LogP contribution in [0.3, 0.4) is 0 Å². The smallest absolute Gasteiger partial charge is 0.310 e. The van der Waals surface area contributed by atoms with Gasteiger partial charge in [0.1, 0.15) is 0 Å². The maximum absolute atomic E-state index is 11.6. The minimum Gasteiger partial charge on any atom is -0.469 e. The number of esters is 2. The van der Waals surface area contributed by atoms with Gasteiger partial charge in [0.25, 0.3) is 0 Å². The number of hydrogen-bond donors (Lipinski definition) is 0. The number of ether oxygens (including phenoxy) is 2. The fourth-order valence-electron chi connectivity index (χ4n) is 2.26. The first-order chi connectivity index (χ1) is 8.67. The number of rotatable bonds is 6. The van der Waals surface area contributed by atoms with Gasteiger partial charge in [-0.2, -0.15) is 0 Å². The van der Waals surface area contributed by atoms with Crippen molar-refractivity contribution in [2.45, 2.75) is 32.6 Å². The van der Waals surface area contributed by atoms with Gasteiger partial charge in [-0.05, 0) is 39.3 Å². The van der Waals surface area contributed by atoms with Crippen LogP contribution in [-0.4, -0.2) is 50.2 Å². The molecule has 0 aromatic rings. The summed E-state index contributed by atoms with van der Waals surface area (Å²) in [5.74, 6) is -0.263. The van der Waals surface area contributed by atoms with E-state index in [1.165, 1.54) is 7.11 Å². The van der Waals surface area contributed by atoms with Gasteiger partial charge in [-0.25, -0.2) is 0 Å². The highest BCUT2D eigenvalue weighted by Gasteiger charge is 2.26. The van der Waals surface area contributed by atoms with Crippen molar-refractivity contribution >= 4 is 11.9 Å². The molecular weight excluding hydrogens is 234 g/mol. The maximum atomic E-state index is 11.6. The quantitative estimate of drug-likeness (QED) is 0.670. The van der Waals surface area contributed by atoms with Crippen molar-refractivity contribution < 1.29 is 19.1 Å². The summed E-state index contributed by atoms with van der Waals surface area (Å²) >= 11 is 0. The van der Waals surface area contributed by atoms with Crippen molar-refractivity contribution in [1.29, 1.82) is 0 Å². The van der Waals surface area contributed by atoms with Gasteiger partial charge in [-0.15, -0.1) is 0 Å². The average molecular weight is 257 g/mol. The third-order valence-corrected chi connectivity index (χ3v) is 3.21. The highest BCUT2D eigenvalue weighted by atomic mass is 16.5. The Morgan fingerprint density at radius 3 is 2.83 bits per heavy atom. The van der Waals surface area contributed by atoms with Crippen molar-refractivity contribution in [2.75, 3.05) is 33.4 Å². The van der Waals surface area contributed by atoms with Gasteiger partial charge in [0, 0.05) is 13.0 Å². The molecule has 0 spiro atoms. The number of carbonyl (C=O) groups is 2. The molecule has 0 amide bonds. The average Bonchev–Trinajstić information content (AvgIpc) is 2.39. The lowest BCUT2D eigenvalue weighted by Gasteiger charge is -2.31. The van der Waals surface area contributed by atoms with E-state index in [0.29, 0.717) is 13.0 Å². The molecule has 1 atom stereocenters. The zero-order chi connectivity index (χ0) is 13.4. The van der Waals surface area contributed by atoms with Gasteiger partial charge >= 0.3 is 11.9 Å². The van der Waals surface area contributed by atoms with Gasteiger partial charge < -0.3 is 14.4 Å². The van der Waals surface area contributed by atoms with E-state index >= 15 is 0 Å². The topological polar surface area (TPSA) is 55.8 Å². The van der Waals surface area contributed by atoms with Gasteiger partial charge in [-0.1, -0.05) is 0 Å². The second-order valence-corrected chi connectivity index (χ2v) is 4.57. The molecule has 0 bridgehead atoms. The van der Waals surface area contributed by atoms with Crippen LogP contribution in [0.2, 0.25) is 0 Å². The molecule has 0 N–H and O–H groups in total. The Morgan fingerprint density at radius 1 is 1.39 bits per heavy atom. The summed E-state index contributed by atoms with van der Waals surface area (Å²) in [5, 5.41) is 0. The molecule has 1 saturated heterocycles. The zero-order valence-corrected chi connectivity index (χ0v) is 11.3. The van der Waals surface area contributed by atoms with Crippen LogP contribution in [0, 0.1) is 5.92 Å². The summed E-state index contributed by atoms with van der Waals surface area (Å²) in [6, 6.07) is 0. The second-order valence-electron chi connectivity index (χ2n) is 4.57. The molecule has 0 saturated carbocycles.